The summed E-state index contributed by atoms with van der Waals surface area (Å²) in [7, 11) is -4.12. The van der Waals surface area contributed by atoms with Gasteiger partial charge in [0, 0.05) is 28.4 Å². The van der Waals surface area contributed by atoms with E-state index in [-0.39, 0.29) is 11.4 Å². The first kappa shape index (κ1) is 22.1. The summed E-state index contributed by atoms with van der Waals surface area (Å²) in [4.78, 5) is 13.3. The monoisotopic (exact) mass is 466 g/mol. The summed E-state index contributed by atoms with van der Waals surface area (Å²) in [6.45, 7) is 5.75. The molecule has 3 aromatic carbocycles. The lowest BCUT2D eigenvalue weighted by Crippen LogP contribution is -2.39. The number of halogens is 1. The number of anilines is 2. The molecule has 0 saturated carbocycles. The molecule has 0 fully saturated rings. The van der Waals surface area contributed by atoms with Crippen molar-refractivity contribution in [2.45, 2.75) is 20.8 Å². The van der Waals surface area contributed by atoms with Crippen LogP contribution in [-0.2, 0) is 14.8 Å². The zero-order valence-electron chi connectivity index (χ0n) is 18.0. The standard InChI is InChI=1S/C25H23ClN2O3S/c1-4-28-22-14-13-19(26)15-20(22)23(18-10-6-5-7-11-18)24(32(28,30)31)25(29)27-21-12-8-9-16(2)17(21)3/h5-15H,4H2,1-3H3,(H,27,29). The molecule has 1 heterocycles. The number of nitrogens with zero attached hydrogens (tertiary/aromatic N) is 1. The number of hydrogen-bond acceptors (Lipinski definition) is 3. The fourth-order valence-electron chi connectivity index (χ4n) is 3.94. The summed E-state index contributed by atoms with van der Waals surface area (Å²) in [5.74, 6) is -0.679. The summed E-state index contributed by atoms with van der Waals surface area (Å²) in [6, 6.07) is 19.6. The maximum absolute atomic E-state index is 13.7. The van der Waals surface area contributed by atoms with Crippen LogP contribution in [0.25, 0.3) is 5.57 Å². The summed E-state index contributed by atoms with van der Waals surface area (Å²) in [5, 5.41) is 3.29. The van der Waals surface area contributed by atoms with Crippen LogP contribution in [0.3, 0.4) is 0 Å². The van der Waals surface area contributed by atoms with Crippen LogP contribution >= 0.6 is 11.6 Å². The second-order valence-electron chi connectivity index (χ2n) is 7.60. The summed E-state index contributed by atoms with van der Waals surface area (Å²) in [5.41, 5.74) is 4.53. The first-order valence-corrected chi connectivity index (χ1v) is 12.1. The Morgan fingerprint density at radius 2 is 1.72 bits per heavy atom. The number of fused-ring (bicyclic) bond motifs is 1. The highest BCUT2D eigenvalue weighted by molar-refractivity contribution is 7.97. The molecule has 1 aliphatic rings. The van der Waals surface area contributed by atoms with Crippen molar-refractivity contribution in [2.75, 3.05) is 16.2 Å². The van der Waals surface area contributed by atoms with E-state index in [2.05, 4.69) is 5.32 Å². The molecule has 0 unspecified atom stereocenters. The van der Waals surface area contributed by atoms with Gasteiger partial charge in [-0.15, -0.1) is 0 Å². The highest BCUT2D eigenvalue weighted by Gasteiger charge is 2.41. The maximum atomic E-state index is 13.7. The number of benzene rings is 3. The van der Waals surface area contributed by atoms with Gasteiger partial charge in [-0.05, 0) is 61.7 Å². The Morgan fingerprint density at radius 1 is 1.00 bits per heavy atom. The first-order valence-electron chi connectivity index (χ1n) is 10.3. The quantitative estimate of drug-likeness (QED) is 0.550. The van der Waals surface area contributed by atoms with Gasteiger partial charge < -0.3 is 5.32 Å². The largest absolute Gasteiger partial charge is 0.321 e. The van der Waals surface area contributed by atoms with Gasteiger partial charge in [0.1, 0.15) is 0 Å². The number of rotatable bonds is 4. The highest BCUT2D eigenvalue weighted by atomic mass is 35.5. The second-order valence-corrected chi connectivity index (χ2v) is 9.84. The third-order valence-electron chi connectivity index (χ3n) is 5.68. The zero-order valence-corrected chi connectivity index (χ0v) is 19.6. The molecule has 0 atom stereocenters. The van der Waals surface area contributed by atoms with Gasteiger partial charge >= 0.3 is 0 Å². The fourth-order valence-corrected chi connectivity index (χ4v) is 5.87. The Hall–Kier alpha value is -3.09. The van der Waals surface area contributed by atoms with Crippen LogP contribution in [0.5, 0.6) is 0 Å². The number of nitrogens with one attached hydrogen (secondary N) is 1. The lowest BCUT2D eigenvalue weighted by atomic mass is 9.95. The molecular weight excluding hydrogens is 444 g/mol. The molecule has 1 N–H and O–H groups in total. The number of amides is 1. The molecule has 1 aliphatic heterocycles. The van der Waals surface area contributed by atoms with E-state index in [9.17, 15) is 13.2 Å². The van der Waals surface area contributed by atoms with Crippen molar-refractivity contribution in [1.82, 2.24) is 0 Å². The van der Waals surface area contributed by atoms with Crippen LogP contribution in [0.2, 0.25) is 5.02 Å². The minimum absolute atomic E-state index is 0.180. The molecule has 0 aliphatic carbocycles. The molecule has 0 bridgehead atoms. The van der Waals surface area contributed by atoms with Crippen molar-refractivity contribution in [3.63, 3.8) is 0 Å². The lowest BCUT2D eigenvalue weighted by molar-refractivity contribution is -0.112. The molecule has 4 rings (SSSR count). The molecule has 0 radical (unpaired) electrons. The summed E-state index contributed by atoms with van der Waals surface area (Å²) < 4.78 is 28.7. The summed E-state index contributed by atoms with van der Waals surface area (Å²) >= 11 is 6.30. The Bertz CT molecular complexity index is 1350. The highest BCUT2D eigenvalue weighted by Crippen LogP contribution is 2.44. The number of carbonyl (C=O) groups excluding carboxylic acids is 1. The minimum atomic E-state index is -4.12. The maximum Gasteiger partial charge on any atom is 0.270 e. The van der Waals surface area contributed by atoms with Gasteiger partial charge in [0.25, 0.3) is 15.9 Å². The van der Waals surface area contributed by atoms with Crippen LogP contribution in [0.15, 0.2) is 71.6 Å². The van der Waals surface area contributed by atoms with Gasteiger partial charge in [-0.2, -0.15) is 0 Å². The molecule has 5 nitrogen and oxygen atoms in total. The molecular formula is C25H23ClN2O3S. The molecule has 3 aromatic rings. The molecule has 0 spiro atoms. The number of aryl methyl sites for hydroxylation is 1. The smallest absolute Gasteiger partial charge is 0.270 e. The van der Waals surface area contributed by atoms with E-state index in [0.29, 0.717) is 33.1 Å². The van der Waals surface area contributed by atoms with Gasteiger partial charge in [-0.25, -0.2) is 8.42 Å². The molecule has 7 heteroatoms. The van der Waals surface area contributed by atoms with Crippen LogP contribution in [0.4, 0.5) is 11.4 Å². The number of sulfonamides is 1. The summed E-state index contributed by atoms with van der Waals surface area (Å²) in [6.07, 6.45) is 0. The molecule has 164 valence electrons. The van der Waals surface area contributed by atoms with Crippen molar-refractivity contribution in [2.24, 2.45) is 0 Å². The average molecular weight is 467 g/mol. The number of carbonyl (C=O) groups is 1. The predicted octanol–water partition coefficient (Wildman–Crippen LogP) is 5.52. The van der Waals surface area contributed by atoms with E-state index in [1.807, 2.05) is 44.2 Å². The molecule has 32 heavy (non-hydrogen) atoms. The average Bonchev–Trinajstić information content (AvgIpc) is 2.76. The van der Waals surface area contributed by atoms with Gasteiger partial charge in [0.05, 0.1) is 5.69 Å². The first-order chi connectivity index (χ1) is 15.3. The third kappa shape index (κ3) is 3.70. The molecule has 0 aromatic heterocycles. The van der Waals surface area contributed by atoms with E-state index >= 15 is 0 Å². The third-order valence-corrected chi connectivity index (χ3v) is 7.86. The molecule has 0 saturated heterocycles. The Balaban J connectivity index is 2.01. The Kier molecular flexibility index (Phi) is 5.84. The zero-order chi connectivity index (χ0) is 23.0. The van der Waals surface area contributed by atoms with Gasteiger partial charge in [0.15, 0.2) is 4.91 Å². The lowest BCUT2D eigenvalue weighted by Gasteiger charge is -2.33. The van der Waals surface area contributed by atoms with Crippen molar-refractivity contribution in [3.05, 3.63) is 98.9 Å². The van der Waals surface area contributed by atoms with E-state index in [4.69, 9.17) is 11.6 Å². The van der Waals surface area contributed by atoms with E-state index in [1.165, 1.54) is 4.31 Å². The van der Waals surface area contributed by atoms with Crippen molar-refractivity contribution >= 4 is 44.5 Å². The van der Waals surface area contributed by atoms with E-state index in [1.54, 1.807) is 43.3 Å². The van der Waals surface area contributed by atoms with Gasteiger partial charge in [-0.3, -0.25) is 9.10 Å². The van der Waals surface area contributed by atoms with Crippen molar-refractivity contribution in [3.8, 4) is 0 Å². The van der Waals surface area contributed by atoms with E-state index < -0.39 is 15.9 Å². The predicted molar refractivity (Wildman–Crippen MR) is 130 cm³/mol. The van der Waals surface area contributed by atoms with Gasteiger partial charge in [-0.1, -0.05) is 54.1 Å². The van der Waals surface area contributed by atoms with Crippen LogP contribution in [0, 0.1) is 13.8 Å². The van der Waals surface area contributed by atoms with Crippen LogP contribution in [0.1, 0.15) is 29.2 Å². The minimum Gasteiger partial charge on any atom is -0.321 e. The second kappa shape index (κ2) is 8.45. The van der Waals surface area contributed by atoms with Crippen LogP contribution < -0.4 is 9.62 Å². The van der Waals surface area contributed by atoms with Crippen molar-refractivity contribution < 1.29 is 13.2 Å². The van der Waals surface area contributed by atoms with Crippen molar-refractivity contribution in [1.29, 1.82) is 0 Å². The number of hydrogen-bond donors (Lipinski definition) is 1. The SMILES string of the molecule is CCN1c2ccc(Cl)cc2C(c2ccccc2)=C(C(=O)Nc2cccc(C)c2C)S1(=O)=O. The van der Waals surface area contributed by atoms with Crippen LogP contribution in [-0.4, -0.2) is 20.9 Å². The Morgan fingerprint density at radius 3 is 2.41 bits per heavy atom. The molecule has 1 amide bonds. The topological polar surface area (TPSA) is 66.5 Å². The van der Waals surface area contributed by atoms with E-state index in [0.717, 1.165) is 11.1 Å². The normalized spacial score (nSPS) is 14.8. The fraction of sp³-hybridized carbons (Fsp3) is 0.160. The van der Waals surface area contributed by atoms with Gasteiger partial charge in [0.2, 0.25) is 0 Å². The Labute approximate surface area is 193 Å².